The number of aliphatic carboxylic acids is 2. The topological polar surface area (TPSA) is 126 Å². The predicted molar refractivity (Wildman–Crippen MR) is 296 cm³/mol. The van der Waals surface area contributed by atoms with Crippen LogP contribution in [0.5, 0.6) is 11.5 Å². The van der Waals surface area contributed by atoms with Crippen LogP contribution in [0.2, 0.25) is 5.02 Å². The Kier molecular flexibility index (Phi) is 17.9. The minimum Gasteiger partial charge on any atom is -0.497 e. The van der Waals surface area contributed by atoms with Gasteiger partial charge in [-0.3, -0.25) is 9.59 Å². The molecule has 2 aliphatic rings. The van der Waals surface area contributed by atoms with Crippen molar-refractivity contribution < 1.29 is 42.6 Å². The van der Waals surface area contributed by atoms with Crippen molar-refractivity contribution in [3.8, 4) is 33.8 Å². The summed E-state index contributed by atoms with van der Waals surface area (Å²) in [5, 5.41) is 21.7. The molecule has 7 aromatic carbocycles. The van der Waals surface area contributed by atoms with E-state index in [9.17, 15) is 18.7 Å². The summed E-state index contributed by atoms with van der Waals surface area (Å²) >= 11 is 6.20. The van der Waals surface area contributed by atoms with E-state index in [-0.39, 0.29) is 30.0 Å². The molecule has 0 radical (unpaired) electrons. The molecule has 10 rings (SSSR count). The van der Waals surface area contributed by atoms with Gasteiger partial charge in [-0.05, 0) is 162 Å². The average molecular weight is 1050 g/mol. The number of ether oxygens (including phenoxy) is 2. The van der Waals surface area contributed by atoms with Crippen LogP contribution >= 0.6 is 11.6 Å². The number of hydrogen-bond acceptors (Lipinski definition) is 8. The molecule has 3 atom stereocenters. The standard InChI is InChI=1S/C31H29ClFNO.C30H29FN2O4.C2H4O2/c1-21-16-25(30-19-29(35-2)12-13-31(30)33)9-8-23(21)17-22-6-10-28(11-7-22)34-15-14-26(20-34)24-4-3-5-27(32)18-24;1-19-13-22(27-17-26(36-2)9-10-28(27)31)6-5-21(19)14-20-3-7-24(8-4-20)33-18-23(29-11-12-37-32-29)15-25(33)16-30(34)35;1-2(3)4/h3-13,16,18-19,26H,14-15,17,20H2,1-2H3;3-13,17,23,25H,14-16,18H2,1-2H3,(H,34,35);1H3,(H,3,4). The van der Waals surface area contributed by atoms with Gasteiger partial charge in [0.1, 0.15) is 29.4 Å². The molecule has 10 nitrogen and oxygen atoms in total. The lowest BCUT2D eigenvalue weighted by Gasteiger charge is -2.26. The number of carboxylic acid groups (broad SMARTS) is 2. The number of benzene rings is 7. The summed E-state index contributed by atoms with van der Waals surface area (Å²) in [6.45, 7) is 7.98. The van der Waals surface area contributed by atoms with Crippen molar-refractivity contribution in [2.24, 2.45) is 0 Å². The van der Waals surface area contributed by atoms with Crippen molar-refractivity contribution in [3.05, 3.63) is 219 Å². The average Bonchev–Trinajstić information content (AvgIpc) is 4.22. The second-order valence-electron chi connectivity index (χ2n) is 19.4. The zero-order valence-electron chi connectivity index (χ0n) is 43.3. The number of aromatic nitrogens is 1. The molecule has 0 amide bonds. The first-order valence-corrected chi connectivity index (χ1v) is 25.7. The molecule has 2 fully saturated rings. The van der Waals surface area contributed by atoms with Crippen molar-refractivity contribution in [2.45, 2.75) is 70.8 Å². The Bertz CT molecular complexity index is 3260. The van der Waals surface area contributed by atoms with E-state index in [1.807, 2.05) is 49.4 Å². The SMILES string of the molecule is CC(=O)O.COc1ccc(F)c(-c2ccc(Cc3ccc(N4CC(c5ccon5)CC4CC(=O)O)cc3)c(C)c2)c1.COc1ccc(F)c(-c2ccc(Cc3ccc(N4CCC(c5cccc(Cl)c5)C4)cc3)c(C)c2)c1. The van der Waals surface area contributed by atoms with Crippen LogP contribution in [0, 0.1) is 25.5 Å². The Hall–Kier alpha value is -7.96. The van der Waals surface area contributed by atoms with E-state index in [1.165, 1.54) is 34.5 Å². The number of carboxylic acids is 2. The molecule has 3 unspecified atom stereocenters. The molecule has 1 aromatic heterocycles. The number of methoxy groups -OCH3 is 2. The minimum absolute atomic E-state index is 0.0789. The van der Waals surface area contributed by atoms with Gasteiger partial charge in [0.05, 0.1) is 26.3 Å². The second kappa shape index (κ2) is 25.0. The normalized spacial score (nSPS) is 15.8. The summed E-state index contributed by atoms with van der Waals surface area (Å²) in [4.78, 5) is 25.1. The lowest BCUT2D eigenvalue weighted by Crippen LogP contribution is -2.31. The van der Waals surface area contributed by atoms with E-state index in [4.69, 9.17) is 35.5 Å². The molecule has 0 saturated carbocycles. The largest absolute Gasteiger partial charge is 0.497 e. The van der Waals surface area contributed by atoms with Gasteiger partial charge in [0, 0.05) is 78.0 Å². The van der Waals surface area contributed by atoms with Crippen molar-refractivity contribution in [1.29, 1.82) is 0 Å². The predicted octanol–water partition coefficient (Wildman–Crippen LogP) is 14.4. The molecule has 3 heterocycles. The highest BCUT2D eigenvalue weighted by atomic mass is 35.5. The van der Waals surface area contributed by atoms with Crippen LogP contribution in [0.25, 0.3) is 22.3 Å². The molecule has 2 N–H and O–H groups in total. The van der Waals surface area contributed by atoms with E-state index < -0.39 is 11.9 Å². The zero-order chi connectivity index (χ0) is 53.9. The van der Waals surface area contributed by atoms with Gasteiger partial charge in [0.2, 0.25) is 0 Å². The monoisotopic (exact) mass is 1050 g/mol. The van der Waals surface area contributed by atoms with Crippen molar-refractivity contribution in [2.75, 3.05) is 43.7 Å². The number of hydrogen-bond donors (Lipinski definition) is 2. The van der Waals surface area contributed by atoms with E-state index in [0.717, 1.165) is 95.5 Å². The Morgan fingerprint density at radius 2 is 1.24 bits per heavy atom. The van der Waals surface area contributed by atoms with Gasteiger partial charge >= 0.3 is 5.97 Å². The van der Waals surface area contributed by atoms with Gasteiger partial charge in [-0.2, -0.15) is 0 Å². The summed E-state index contributed by atoms with van der Waals surface area (Å²) in [6, 6.07) is 48.9. The quantitative estimate of drug-likeness (QED) is 0.109. The van der Waals surface area contributed by atoms with Crippen LogP contribution in [0.15, 0.2) is 162 Å². The molecule has 0 aliphatic carbocycles. The highest BCUT2D eigenvalue weighted by Gasteiger charge is 2.35. The van der Waals surface area contributed by atoms with Crippen LogP contribution < -0.4 is 19.3 Å². The van der Waals surface area contributed by atoms with Gasteiger partial charge in [-0.1, -0.05) is 89.6 Å². The number of anilines is 2. The fraction of sp³-hybridized carbons (Fsp3) is 0.254. The summed E-state index contributed by atoms with van der Waals surface area (Å²) in [5.74, 6) is -0.234. The first kappa shape index (κ1) is 54.3. The summed E-state index contributed by atoms with van der Waals surface area (Å²) in [7, 11) is 3.17. The first-order chi connectivity index (χ1) is 36.6. The lowest BCUT2D eigenvalue weighted by molar-refractivity contribution is -0.137. The van der Waals surface area contributed by atoms with E-state index in [0.29, 0.717) is 35.1 Å². The molecule has 76 heavy (non-hydrogen) atoms. The van der Waals surface area contributed by atoms with Gasteiger partial charge < -0.3 is 34.0 Å². The summed E-state index contributed by atoms with van der Waals surface area (Å²) in [6.07, 6.45) is 5.09. The molecule has 13 heteroatoms. The maximum Gasteiger partial charge on any atom is 0.305 e. The highest BCUT2D eigenvalue weighted by molar-refractivity contribution is 6.30. The lowest BCUT2D eigenvalue weighted by atomic mass is 9.95. The molecule has 0 bridgehead atoms. The van der Waals surface area contributed by atoms with E-state index in [2.05, 4.69) is 94.7 Å². The minimum atomic E-state index is -0.833. The van der Waals surface area contributed by atoms with Crippen molar-refractivity contribution in [1.82, 2.24) is 5.16 Å². The molecule has 2 saturated heterocycles. The third kappa shape index (κ3) is 13.8. The van der Waals surface area contributed by atoms with Gasteiger partial charge in [-0.25, -0.2) is 8.78 Å². The fourth-order valence-corrected chi connectivity index (χ4v) is 10.4. The molecule has 392 valence electrons. The maximum atomic E-state index is 14.4. The van der Waals surface area contributed by atoms with E-state index in [1.54, 1.807) is 44.7 Å². The van der Waals surface area contributed by atoms with Crippen LogP contribution in [-0.4, -0.2) is 67.2 Å². The number of nitrogens with zero attached hydrogens (tertiary/aromatic N) is 3. The Labute approximate surface area is 448 Å². The number of aryl methyl sites for hydroxylation is 2. The molecule has 8 aromatic rings. The Balaban J connectivity index is 0.000000189. The molecule has 2 aliphatic heterocycles. The van der Waals surface area contributed by atoms with Gasteiger partial charge in [0.25, 0.3) is 5.97 Å². The Morgan fingerprint density at radius 1 is 0.684 bits per heavy atom. The smallest absolute Gasteiger partial charge is 0.305 e. The van der Waals surface area contributed by atoms with Crippen molar-refractivity contribution >= 4 is 34.9 Å². The zero-order valence-corrected chi connectivity index (χ0v) is 44.1. The molecule has 0 spiro atoms. The van der Waals surface area contributed by atoms with Gasteiger partial charge in [0.15, 0.2) is 0 Å². The third-order valence-corrected chi connectivity index (χ3v) is 14.5. The molecular weight excluding hydrogens is 984 g/mol. The third-order valence-electron chi connectivity index (χ3n) is 14.2. The van der Waals surface area contributed by atoms with Crippen molar-refractivity contribution in [3.63, 3.8) is 0 Å². The van der Waals surface area contributed by atoms with Crippen LogP contribution in [0.1, 0.15) is 82.7 Å². The first-order valence-electron chi connectivity index (χ1n) is 25.3. The Morgan fingerprint density at radius 3 is 1.72 bits per heavy atom. The molecular formula is C63H62ClF2N3O7. The van der Waals surface area contributed by atoms with Crippen LogP contribution in [0.3, 0.4) is 0 Å². The fourth-order valence-electron chi connectivity index (χ4n) is 10.2. The van der Waals surface area contributed by atoms with Crippen LogP contribution in [-0.2, 0) is 22.4 Å². The second-order valence-corrected chi connectivity index (χ2v) is 19.9. The number of rotatable bonds is 14. The summed E-state index contributed by atoms with van der Waals surface area (Å²) in [5.41, 5.74) is 14.3. The van der Waals surface area contributed by atoms with E-state index >= 15 is 0 Å². The van der Waals surface area contributed by atoms with Crippen LogP contribution in [0.4, 0.5) is 20.2 Å². The number of halogens is 3. The number of carbonyl (C=O) groups is 2. The maximum absolute atomic E-state index is 14.4. The summed E-state index contributed by atoms with van der Waals surface area (Å²) < 4.78 is 44.4. The highest BCUT2D eigenvalue weighted by Crippen LogP contribution is 2.38. The van der Waals surface area contributed by atoms with Gasteiger partial charge in [-0.15, -0.1) is 0 Å².